The van der Waals surface area contributed by atoms with Gasteiger partial charge in [-0.05, 0) is 30.5 Å². The van der Waals surface area contributed by atoms with E-state index in [1.165, 1.54) is 12.1 Å². The Bertz CT molecular complexity index is 794. The van der Waals surface area contributed by atoms with E-state index in [9.17, 15) is 8.42 Å². The molecule has 0 saturated heterocycles. The SMILES string of the molecule is CCN(CCC#N)c1cccc2cc(S(=O)(=O)O)ccc12. The van der Waals surface area contributed by atoms with E-state index >= 15 is 0 Å². The quantitative estimate of drug-likeness (QED) is 0.859. The number of nitriles is 1. The van der Waals surface area contributed by atoms with Crippen LogP contribution in [0.3, 0.4) is 0 Å². The molecule has 2 aromatic rings. The van der Waals surface area contributed by atoms with Gasteiger partial charge in [0, 0.05) is 24.2 Å². The average molecular weight is 304 g/mol. The molecule has 2 aromatic carbocycles. The van der Waals surface area contributed by atoms with Gasteiger partial charge in [0.1, 0.15) is 0 Å². The van der Waals surface area contributed by atoms with Crippen molar-refractivity contribution < 1.29 is 13.0 Å². The van der Waals surface area contributed by atoms with Crippen LogP contribution in [-0.2, 0) is 10.1 Å². The molecule has 0 unspecified atom stereocenters. The molecule has 0 amide bonds. The van der Waals surface area contributed by atoms with Crippen molar-refractivity contribution in [2.45, 2.75) is 18.2 Å². The van der Waals surface area contributed by atoms with E-state index in [4.69, 9.17) is 9.81 Å². The number of nitrogens with zero attached hydrogens (tertiary/aromatic N) is 2. The highest BCUT2D eigenvalue weighted by molar-refractivity contribution is 7.85. The molecule has 2 rings (SSSR count). The second kappa shape index (κ2) is 6.12. The molecule has 0 aliphatic carbocycles. The third-order valence-corrected chi connectivity index (χ3v) is 4.19. The lowest BCUT2D eigenvalue weighted by atomic mass is 10.1. The first-order valence-corrected chi connectivity index (χ1v) is 8.03. The van der Waals surface area contributed by atoms with Gasteiger partial charge in [0.25, 0.3) is 10.1 Å². The smallest absolute Gasteiger partial charge is 0.294 e. The van der Waals surface area contributed by atoms with Crippen LogP contribution in [0.2, 0.25) is 0 Å². The summed E-state index contributed by atoms with van der Waals surface area (Å²) < 4.78 is 31.5. The zero-order chi connectivity index (χ0) is 15.5. The monoisotopic (exact) mass is 304 g/mol. The van der Waals surface area contributed by atoms with Gasteiger partial charge < -0.3 is 4.90 Å². The van der Waals surface area contributed by atoms with Crippen molar-refractivity contribution in [2.24, 2.45) is 0 Å². The molecule has 6 heteroatoms. The van der Waals surface area contributed by atoms with Crippen molar-refractivity contribution in [3.63, 3.8) is 0 Å². The summed E-state index contributed by atoms with van der Waals surface area (Å²) in [7, 11) is -4.20. The Hall–Kier alpha value is -2.10. The molecule has 110 valence electrons. The number of fused-ring (bicyclic) bond motifs is 1. The van der Waals surface area contributed by atoms with E-state index in [0.717, 1.165) is 23.0 Å². The number of anilines is 1. The second-order valence-electron chi connectivity index (χ2n) is 4.62. The fraction of sp³-hybridized carbons (Fsp3) is 0.267. The Balaban J connectivity index is 2.54. The van der Waals surface area contributed by atoms with Gasteiger partial charge in [-0.1, -0.05) is 18.2 Å². The van der Waals surface area contributed by atoms with Gasteiger partial charge >= 0.3 is 0 Å². The van der Waals surface area contributed by atoms with Crippen LogP contribution >= 0.6 is 0 Å². The molecule has 0 aliphatic rings. The minimum absolute atomic E-state index is 0.118. The number of benzene rings is 2. The molecular formula is C15H16N2O3S. The van der Waals surface area contributed by atoms with Crippen molar-refractivity contribution in [1.29, 1.82) is 5.26 Å². The molecule has 1 N–H and O–H groups in total. The van der Waals surface area contributed by atoms with Gasteiger partial charge in [0.15, 0.2) is 0 Å². The maximum Gasteiger partial charge on any atom is 0.294 e. The maximum absolute atomic E-state index is 11.2. The van der Waals surface area contributed by atoms with E-state index in [1.54, 1.807) is 12.1 Å². The summed E-state index contributed by atoms with van der Waals surface area (Å²) in [6, 6.07) is 12.2. The summed E-state index contributed by atoms with van der Waals surface area (Å²) in [6.45, 7) is 3.37. The lowest BCUT2D eigenvalue weighted by molar-refractivity contribution is 0.483. The predicted molar refractivity (Wildman–Crippen MR) is 81.9 cm³/mol. The van der Waals surface area contributed by atoms with Crippen LogP contribution in [0, 0.1) is 11.3 Å². The molecular weight excluding hydrogens is 288 g/mol. The zero-order valence-electron chi connectivity index (χ0n) is 11.7. The molecule has 5 nitrogen and oxygen atoms in total. The Labute approximate surface area is 124 Å². The number of hydrogen-bond donors (Lipinski definition) is 1. The van der Waals surface area contributed by atoms with Gasteiger partial charge in [0.2, 0.25) is 0 Å². The molecule has 0 aliphatic heterocycles. The Morgan fingerprint density at radius 3 is 2.67 bits per heavy atom. The van der Waals surface area contributed by atoms with Crippen molar-refractivity contribution in [3.05, 3.63) is 36.4 Å². The first-order valence-electron chi connectivity index (χ1n) is 6.59. The molecule has 0 bridgehead atoms. The second-order valence-corrected chi connectivity index (χ2v) is 6.04. The van der Waals surface area contributed by atoms with Gasteiger partial charge in [-0.3, -0.25) is 4.55 Å². The predicted octanol–water partition coefficient (Wildman–Crippen LogP) is 2.83. The molecule has 0 aromatic heterocycles. The molecule has 0 saturated carbocycles. The van der Waals surface area contributed by atoms with Crippen LogP contribution in [-0.4, -0.2) is 26.1 Å². The van der Waals surface area contributed by atoms with E-state index in [0.29, 0.717) is 13.0 Å². The summed E-state index contributed by atoms with van der Waals surface area (Å²) in [5.74, 6) is 0. The van der Waals surface area contributed by atoms with Crippen LogP contribution in [0.25, 0.3) is 10.8 Å². The van der Waals surface area contributed by atoms with E-state index < -0.39 is 10.1 Å². The summed E-state index contributed by atoms with van der Waals surface area (Å²) in [5.41, 5.74) is 0.951. The summed E-state index contributed by atoms with van der Waals surface area (Å²) in [4.78, 5) is 1.95. The van der Waals surface area contributed by atoms with Crippen LogP contribution < -0.4 is 4.90 Å². The first-order chi connectivity index (χ1) is 9.97. The molecule has 0 atom stereocenters. The highest BCUT2D eigenvalue weighted by Crippen LogP contribution is 2.28. The van der Waals surface area contributed by atoms with Gasteiger partial charge in [-0.2, -0.15) is 13.7 Å². The van der Waals surface area contributed by atoms with E-state index in [2.05, 4.69) is 11.0 Å². The van der Waals surface area contributed by atoms with Crippen LogP contribution in [0.5, 0.6) is 0 Å². The van der Waals surface area contributed by atoms with Crippen LogP contribution in [0.1, 0.15) is 13.3 Å². The van der Waals surface area contributed by atoms with Gasteiger partial charge in [-0.25, -0.2) is 0 Å². The highest BCUT2D eigenvalue weighted by Gasteiger charge is 2.13. The Kier molecular flexibility index (Phi) is 4.46. The normalized spacial score (nSPS) is 11.3. The third kappa shape index (κ3) is 3.32. The van der Waals surface area contributed by atoms with Gasteiger partial charge in [0.05, 0.1) is 17.4 Å². The summed E-state index contributed by atoms with van der Waals surface area (Å²) in [5, 5.41) is 10.4. The van der Waals surface area contributed by atoms with Crippen molar-refractivity contribution >= 4 is 26.6 Å². The summed E-state index contributed by atoms with van der Waals surface area (Å²) in [6.07, 6.45) is 0.424. The maximum atomic E-state index is 11.2. The number of rotatable bonds is 5. The van der Waals surface area contributed by atoms with Gasteiger partial charge in [-0.15, -0.1) is 0 Å². The Morgan fingerprint density at radius 1 is 1.29 bits per heavy atom. The van der Waals surface area contributed by atoms with Crippen LogP contribution in [0.15, 0.2) is 41.3 Å². The molecule has 0 heterocycles. The molecule has 21 heavy (non-hydrogen) atoms. The minimum atomic E-state index is -4.20. The van der Waals surface area contributed by atoms with Crippen molar-refractivity contribution in [3.8, 4) is 6.07 Å². The van der Waals surface area contributed by atoms with Crippen molar-refractivity contribution in [1.82, 2.24) is 0 Å². The minimum Gasteiger partial charge on any atom is -0.370 e. The highest BCUT2D eigenvalue weighted by atomic mass is 32.2. The zero-order valence-corrected chi connectivity index (χ0v) is 12.5. The fourth-order valence-corrected chi connectivity index (χ4v) is 2.83. The molecule has 0 spiro atoms. The summed E-state index contributed by atoms with van der Waals surface area (Å²) >= 11 is 0. The lowest BCUT2D eigenvalue weighted by Gasteiger charge is -2.23. The van der Waals surface area contributed by atoms with E-state index in [-0.39, 0.29) is 4.90 Å². The van der Waals surface area contributed by atoms with Crippen LogP contribution in [0.4, 0.5) is 5.69 Å². The topological polar surface area (TPSA) is 81.4 Å². The molecule has 0 fully saturated rings. The largest absolute Gasteiger partial charge is 0.370 e. The third-order valence-electron chi connectivity index (χ3n) is 3.34. The first kappa shape index (κ1) is 15.3. The average Bonchev–Trinajstić information content (AvgIpc) is 2.46. The molecule has 0 radical (unpaired) electrons. The lowest BCUT2D eigenvalue weighted by Crippen LogP contribution is -2.23. The van der Waals surface area contributed by atoms with E-state index in [1.807, 2.05) is 19.1 Å². The van der Waals surface area contributed by atoms with Crippen molar-refractivity contribution in [2.75, 3.05) is 18.0 Å². The standard InChI is InChI=1S/C15H16N2O3S/c1-2-17(10-4-9-16)15-6-3-5-12-11-13(21(18,19)20)7-8-14(12)15/h3,5-8,11H,2,4,10H2,1H3,(H,18,19,20). The number of hydrogen-bond acceptors (Lipinski definition) is 4. The Morgan fingerprint density at radius 2 is 2.05 bits per heavy atom. The fourth-order valence-electron chi connectivity index (χ4n) is 2.31.